The van der Waals surface area contributed by atoms with Crippen molar-refractivity contribution in [1.82, 2.24) is 20.4 Å². The third-order valence-corrected chi connectivity index (χ3v) is 5.27. The average Bonchev–Trinajstić information content (AvgIpc) is 3.19. The third kappa shape index (κ3) is 7.60. The van der Waals surface area contributed by atoms with Crippen LogP contribution in [0.1, 0.15) is 47.0 Å². The molecule has 0 spiro atoms. The Balaban J connectivity index is 3.07. The summed E-state index contributed by atoms with van der Waals surface area (Å²) in [6.45, 7) is 6.14. The molecule has 1 saturated heterocycles. The number of nitrogens with one attached hydrogen (secondary N) is 2. The minimum Gasteiger partial charge on any atom is -0.481 e. The summed E-state index contributed by atoms with van der Waals surface area (Å²) < 4.78 is 37.9. The van der Waals surface area contributed by atoms with Gasteiger partial charge in [-0.3, -0.25) is 24.0 Å². The molecule has 1 rings (SSSR count). The van der Waals surface area contributed by atoms with Crippen LogP contribution < -0.4 is 10.6 Å². The summed E-state index contributed by atoms with van der Waals surface area (Å²) in [5.74, 6) is -6.54. The van der Waals surface area contributed by atoms with Crippen molar-refractivity contribution < 1.29 is 42.3 Å². The van der Waals surface area contributed by atoms with E-state index in [1.54, 1.807) is 19.2 Å². The van der Waals surface area contributed by atoms with Crippen LogP contribution in [0.25, 0.3) is 0 Å². The number of likely N-dealkylation sites (N-methyl/N-ethyl adjacent to an activating group) is 1. The van der Waals surface area contributed by atoms with E-state index >= 15 is 0 Å². The minimum atomic E-state index is -5.20. The van der Waals surface area contributed by atoms with E-state index in [0.29, 0.717) is 13.1 Å². The van der Waals surface area contributed by atoms with Crippen molar-refractivity contribution in [3.63, 3.8) is 0 Å². The Hall–Kier alpha value is -2.86. The predicted molar refractivity (Wildman–Crippen MR) is 110 cm³/mol. The predicted octanol–water partition coefficient (Wildman–Crippen LogP) is 0.508. The van der Waals surface area contributed by atoms with Crippen LogP contribution in [0.2, 0.25) is 0 Å². The van der Waals surface area contributed by atoms with Crippen molar-refractivity contribution in [3.8, 4) is 0 Å². The number of carbonyl (C=O) groups is 5. The first-order valence-electron chi connectivity index (χ1n) is 10.5. The number of carbonyl (C=O) groups excluding carboxylic acids is 4. The van der Waals surface area contributed by atoms with Crippen molar-refractivity contribution >= 4 is 29.6 Å². The molecule has 33 heavy (non-hydrogen) atoms. The first-order chi connectivity index (χ1) is 15.0. The molecule has 1 heterocycles. The summed E-state index contributed by atoms with van der Waals surface area (Å²) >= 11 is 0. The molecule has 4 amide bonds. The maximum atomic E-state index is 13.0. The van der Waals surface area contributed by atoms with Crippen LogP contribution in [0.5, 0.6) is 0 Å². The third-order valence-electron chi connectivity index (χ3n) is 5.27. The van der Waals surface area contributed by atoms with E-state index in [0.717, 1.165) is 31.6 Å². The monoisotopic (exact) mass is 480 g/mol. The van der Waals surface area contributed by atoms with Gasteiger partial charge in [-0.25, -0.2) is 0 Å². The molecular weight excluding hydrogens is 449 g/mol. The molecule has 0 saturated carbocycles. The summed E-state index contributed by atoms with van der Waals surface area (Å²) in [7, 11) is 1.18. The van der Waals surface area contributed by atoms with Crippen LogP contribution in [-0.4, -0.2) is 88.4 Å². The van der Waals surface area contributed by atoms with E-state index in [2.05, 4.69) is 5.32 Å². The molecule has 1 aliphatic rings. The molecule has 1 aliphatic heterocycles. The first kappa shape index (κ1) is 28.2. The minimum absolute atomic E-state index is 0.434. The summed E-state index contributed by atoms with van der Waals surface area (Å²) in [4.78, 5) is 63.5. The second-order valence-corrected chi connectivity index (χ2v) is 8.87. The molecule has 0 aromatic rings. The Kier molecular flexibility index (Phi) is 9.25. The Morgan fingerprint density at radius 1 is 1.06 bits per heavy atom. The molecule has 13 heteroatoms. The maximum Gasteiger partial charge on any atom is 0.471 e. The number of alkyl halides is 3. The highest BCUT2D eigenvalue weighted by molar-refractivity contribution is 5.97. The lowest BCUT2D eigenvalue weighted by Gasteiger charge is -2.37. The number of carboxylic acid groups (broad SMARTS) is 1. The largest absolute Gasteiger partial charge is 0.481 e. The van der Waals surface area contributed by atoms with Gasteiger partial charge >= 0.3 is 18.1 Å². The van der Waals surface area contributed by atoms with Gasteiger partial charge in [-0.05, 0) is 32.6 Å². The van der Waals surface area contributed by atoms with E-state index in [1.165, 1.54) is 11.9 Å². The van der Waals surface area contributed by atoms with Gasteiger partial charge in [-0.15, -0.1) is 0 Å². The van der Waals surface area contributed by atoms with Crippen LogP contribution in [0, 0.1) is 5.92 Å². The summed E-state index contributed by atoms with van der Waals surface area (Å²) in [6.07, 6.45) is -4.37. The average molecular weight is 480 g/mol. The molecule has 3 N–H and O–H groups in total. The highest BCUT2D eigenvalue weighted by Gasteiger charge is 2.45. The van der Waals surface area contributed by atoms with Crippen molar-refractivity contribution in [1.29, 1.82) is 0 Å². The molecule has 0 aromatic carbocycles. The van der Waals surface area contributed by atoms with E-state index in [-0.39, 0.29) is 0 Å². The van der Waals surface area contributed by atoms with Gasteiger partial charge in [0.2, 0.25) is 17.7 Å². The molecule has 10 nitrogen and oxygen atoms in total. The van der Waals surface area contributed by atoms with Gasteiger partial charge in [0.15, 0.2) is 0 Å². The fourth-order valence-electron chi connectivity index (χ4n) is 3.69. The first-order valence-corrected chi connectivity index (χ1v) is 10.5. The van der Waals surface area contributed by atoms with Crippen LogP contribution >= 0.6 is 0 Å². The molecular formula is C20H31F3N4O6. The summed E-state index contributed by atoms with van der Waals surface area (Å²) in [5, 5.41) is 13.2. The van der Waals surface area contributed by atoms with Crippen molar-refractivity contribution in [3.05, 3.63) is 0 Å². The number of rotatable bonds is 9. The zero-order valence-corrected chi connectivity index (χ0v) is 19.3. The number of carboxylic acids is 1. The number of hydrogen-bond donors (Lipinski definition) is 3. The van der Waals surface area contributed by atoms with Gasteiger partial charge < -0.3 is 25.5 Å². The summed E-state index contributed by atoms with van der Waals surface area (Å²) in [6, 6.07) is -2.61. The molecule has 188 valence electrons. The van der Waals surface area contributed by atoms with E-state index in [4.69, 9.17) is 0 Å². The van der Waals surface area contributed by atoms with Gasteiger partial charge in [0.25, 0.3) is 0 Å². The highest BCUT2D eigenvalue weighted by Crippen LogP contribution is 2.20. The van der Waals surface area contributed by atoms with Crippen LogP contribution in [0.15, 0.2) is 0 Å². The fourth-order valence-corrected chi connectivity index (χ4v) is 3.69. The van der Waals surface area contributed by atoms with E-state index < -0.39 is 65.7 Å². The molecule has 0 bridgehead atoms. The second-order valence-electron chi connectivity index (χ2n) is 8.87. The van der Waals surface area contributed by atoms with Crippen LogP contribution in [0.3, 0.4) is 0 Å². The van der Waals surface area contributed by atoms with Crippen molar-refractivity contribution in [2.75, 3.05) is 20.1 Å². The normalized spacial score (nSPS) is 16.2. The van der Waals surface area contributed by atoms with Gasteiger partial charge in [-0.2, -0.15) is 13.2 Å². The van der Waals surface area contributed by atoms with Gasteiger partial charge in [0.05, 0.1) is 6.42 Å². The quantitative estimate of drug-likeness (QED) is 0.440. The molecule has 1 fully saturated rings. The molecule has 0 radical (unpaired) electrons. The van der Waals surface area contributed by atoms with Crippen molar-refractivity contribution in [2.24, 2.45) is 5.92 Å². The lowest BCUT2D eigenvalue weighted by molar-refractivity contribution is -0.176. The Morgan fingerprint density at radius 2 is 1.58 bits per heavy atom. The number of halogens is 3. The molecule has 1 unspecified atom stereocenters. The zero-order valence-electron chi connectivity index (χ0n) is 19.3. The van der Waals surface area contributed by atoms with Gasteiger partial charge in [0.1, 0.15) is 17.6 Å². The smallest absolute Gasteiger partial charge is 0.471 e. The Bertz CT molecular complexity index is 778. The second kappa shape index (κ2) is 10.8. The van der Waals surface area contributed by atoms with Gasteiger partial charge in [-0.1, -0.05) is 13.8 Å². The van der Waals surface area contributed by atoms with Crippen molar-refractivity contribution in [2.45, 2.75) is 70.8 Å². The highest BCUT2D eigenvalue weighted by atomic mass is 19.4. The topological polar surface area (TPSA) is 136 Å². The Labute approximate surface area is 189 Å². The number of aliphatic carboxylic acids is 1. The zero-order chi connectivity index (χ0) is 25.7. The number of amides is 4. The lowest BCUT2D eigenvalue weighted by atomic mass is 9.97. The van der Waals surface area contributed by atoms with Crippen LogP contribution in [-0.2, 0) is 24.0 Å². The lowest BCUT2D eigenvalue weighted by Crippen LogP contribution is -2.62. The van der Waals surface area contributed by atoms with E-state index in [1.807, 2.05) is 0 Å². The van der Waals surface area contributed by atoms with E-state index in [9.17, 15) is 42.3 Å². The maximum absolute atomic E-state index is 13.0. The number of hydrogen-bond acceptors (Lipinski definition) is 5. The van der Waals surface area contributed by atoms with Crippen LogP contribution in [0.4, 0.5) is 13.2 Å². The van der Waals surface area contributed by atoms with Gasteiger partial charge in [0, 0.05) is 20.1 Å². The summed E-state index contributed by atoms with van der Waals surface area (Å²) in [5.41, 5.74) is -2.00. The molecule has 2 atom stereocenters. The Morgan fingerprint density at radius 3 is 2.00 bits per heavy atom. The SMILES string of the molecule is CC(C)C(C(=O)N[C@@H](CC(=O)O)C(=O)N1CCCC1)N(C)C(=O)C(C)(C)NC(=O)C(F)(F)F. The fraction of sp³-hybridized carbons (Fsp3) is 0.750. The molecule has 0 aliphatic carbocycles. The number of nitrogens with zero attached hydrogens (tertiary/aromatic N) is 2. The standard InChI is InChI=1S/C20H31F3N4O6/c1-11(2)14(26(5)18(33)19(3,4)25-17(32)20(21,22)23)15(30)24-12(10-13(28)29)16(31)27-8-6-7-9-27/h11-12,14H,6-10H2,1-5H3,(H,24,30)(H,25,32)(H,28,29)/t12-,14?/m0/s1. The molecule has 0 aromatic heterocycles. The number of likely N-dealkylation sites (tertiary alicyclic amines) is 1.